The third-order valence-electron chi connectivity index (χ3n) is 4.45. The average Bonchev–Trinajstić information content (AvgIpc) is 3.03. The fourth-order valence-corrected chi connectivity index (χ4v) is 3.31. The maximum Gasteiger partial charge on any atom is 0.334 e. The summed E-state index contributed by atoms with van der Waals surface area (Å²) < 4.78 is 16.5. The predicted octanol–water partition coefficient (Wildman–Crippen LogP) is 1.82. The molecule has 0 spiro atoms. The Morgan fingerprint density at radius 2 is 2.00 bits per heavy atom. The molecule has 0 unspecified atom stereocenters. The van der Waals surface area contributed by atoms with Crippen LogP contribution in [0.1, 0.15) is 24.1 Å². The van der Waals surface area contributed by atoms with E-state index in [9.17, 15) is 4.79 Å². The van der Waals surface area contributed by atoms with E-state index in [0.717, 1.165) is 30.0 Å². The van der Waals surface area contributed by atoms with Crippen LogP contribution in [0.15, 0.2) is 23.8 Å². The van der Waals surface area contributed by atoms with Crippen LogP contribution in [-0.2, 0) is 16.0 Å². The molecule has 1 aromatic carbocycles. The first-order valence-electron chi connectivity index (χ1n) is 7.15. The molecule has 0 saturated heterocycles. The third kappa shape index (κ3) is 1.92. The standard InChI is InChI=1S/C16H17NO4/c1-9-5-14(21-16(9)18)15-11-7-13-12(19-8-20-13)6-10(11)3-4-17(15)2/h5-7,14-15H,3-4,8H2,1-2H3/t14-,15+/m0/s1. The van der Waals surface area contributed by atoms with Gasteiger partial charge in [0.25, 0.3) is 0 Å². The zero-order valence-corrected chi connectivity index (χ0v) is 12.1. The summed E-state index contributed by atoms with van der Waals surface area (Å²) in [6.45, 7) is 3.00. The lowest BCUT2D eigenvalue weighted by Crippen LogP contribution is -2.39. The smallest absolute Gasteiger partial charge is 0.334 e. The van der Waals surface area contributed by atoms with Crippen molar-refractivity contribution in [2.45, 2.75) is 25.5 Å². The summed E-state index contributed by atoms with van der Waals surface area (Å²) in [5, 5.41) is 0. The fourth-order valence-electron chi connectivity index (χ4n) is 3.31. The fraction of sp³-hybridized carbons (Fsp3) is 0.438. The van der Waals surface area contributed by atoms with Gasteiger partial charge in [0.15, 0.2) is 11.5 Å². The maximum atomic E-state index is 11.7. The van der Waals surface area contributed by atoms with E-state index in [2.05, 4.69) is 18.0 Å². The molecule has 0 aliphatic carbocycles. The van der Waals surface area contributed by atoms with E-state index in [-0.39, 0.29) is 24.9 Å². The summed E-state index contributed by atoms with van der Waals surface area (Å²) in [6, 6.07) is 4.13. The van der Waals surface area contributed by atoms with Gasteiger partial charge in [-0.1, -0.05) is 0 Å². The van der Waals surface area contributed by atoms with E-state index in [0.29, 0.717) is 5.57 Å². The number of fused-ring (bicyclic) bond motifs is 2. The van der Waals surface area contributed by atoms with E-state index < -0.39 is 0 Å². The Balaban J connectivity index is 1.77. The Morgan fingerprint density at radius 1 is 1.24 bits per heavy atom. The SMILES string of the molecule is CC1=C[C@@H]([C@H]2c3cc4c(cc3CCN2C)OCO4)OC1=O. The first kappa shape index (κ1) is 12.7. The van der Waals surface area contributed by atoms with Gasteiger partial charge in [-0.2, -0.15) is 0 Å². The van der Waals surface area contributed by atoms with Gasteiger partial charge in [0, 0.05) is 12.1 Å². The molecule has 2 atom stereocenters. The topological polar surface area (TPSA) is 48.0 Å². The molecule has 5 nitrogen and oxygen atoms in total. The number of benzene rings is 1. The molecular weight excluding hydrogens is 270 g/mol. The number of carbonyl (C=O) groups excluding carboxylic acids is 1. The van der Waals surface area contributed by atoms with Crippen molar-refractivity contribution in [2.24, 2.45) is 0 Å². The zero-order valence-electron chi connectivity index (χ0n) is 12.1. The summed E-state index contributed by atoms with van der Waals surface area (Å²) in [5.41, 5.74) is 3.09. The number of carbonyl (C=O) groups is 1. The minimum Gasteiger partial charge on any atom is -0.454 e. The number of ether oxygens (including phenoxy) is 3. The summed E-state index contributed by atoms with van der Waals surface area (Å²) in [7, 11) is 2.06. The molecule has 0 bridgehead atoms. The Hall–Kier alpha value is -2.01. The molecular formula is C16H17NO4. The van der Waals surface area contributed by atoms with Gasteiger partial charge >= 0.3 is 5.97 Å². The zero-order chi connectivity index (χ0) is 14.6. The molecule has 5 heteroatoms. The number of cyclic esters (lactones) is 1. The van der Waals surface area contributed by atoms with Crippen LogP contribution in [0.25, 0.3) is 0 Å². The first-order valence-corrected chi connectivity index (χ1v) is 7.15. The van der Waals surface area contributed by atoms with Gasteiger partial charge in [-0.05, 0) is 49.7 Å². The summed E-state index contributed by atoms with van der Waals surface area (Å²) >= 11 is 0. The van der Waals surface area contributed by atoms with Crippen LogP contribution in [0.5, 0.6) is 11.5 Å². The second kappa shape index (κ2) is 4.49. The highest BCUT2D eigenvalue weighted by atomic mass is 16.7. The number of likely N-dealkylation sites (N-methyl/N-ethyl adjacent to an activating group) is 1. The Morgan fingerprint density at radius 3 is 2.71 bits per heavy atom. The molecule has 0 aromatic heterocycles. The highest BCUT2D eigenvalue weighted by Gasteiger charge is 2.37. The number of rotatable bonds is 1. The van der Waals surface area contributed by atoms with Crippen molar-refractivity contribution >= 4 is 5.97 Å². The van der Waals surface area contributed by atoms with Gasteiger partial charge in [-0.25, -0.2) is 4.79 Å². The van der Waals surface area contributed by atoms with Crippen molar-refractivity contribution in [3.05, 3.63) is 34.9 Å². The summed E-state index contributed by atoms with van der Waals surface area (Å²) in [6.07, 6.45) is 2.65. The van der Waals surface area contributed by atoms with Crippen LogP contribution in [0.3, 0.4) is 0 Å². The first-order chi connectivity index (χ1) is 10.1. The van der Waals surface area contributed by atoms with Gasteiger partial charge in [0.2, 0.25) is 6.79 Å². The van der Waals surface area contributed by atoms with E-state index in [1.807, 2.05) is 12.1 Å². The van der Waals surface area contributed by atoms with Crippen molar-refractivity contribution in [3.8, 4) is 11.5 Å². The van der Waals surface area contributed by atoms with Crippen molar-refractivity contribution in [2.75, 3.05) is 20.4 Å². The lowest BCUT2D eigenvalue weighted by atomic mass is 9.89. The molecule has 110 valence electrons. The quantitative estimate of drug-likeness (QED) is 0.737. The molecule has 0 saturated carbocycles. The normalized spacial score (nSPS) is 27.3. The Kier molecular flexibility index (Phi) is 2.72. The van der Waals surface area contributed by atoms with Crippen molar-refractivity contribution < 1.29 is 19.0 Å². The highest BCUT2D eigenvalue weighted by molar-refractivity contribution is 5.90. The second-order valence-electron chi connectivity index (χ2n) is 5.80. The Bertz CT molecular complexity index is 652. The van der Waals surface area contributed by atoms with Crippen LogP contribution in [0.4, 0.5) is 0 Å². The Labute approximate surface area is 123 Å². The summed E-state index contributed by atoms with van der Waals surface area (Å²) in [4.78, 5) is 13.9. The largest absolute Gasteiger partial charge is 0.454 e. The molecule has 3 aliphatic heterocycles. The third-order valence-corrected chi connectivity index (χ3v) is 4.45. The molecule has 3 aliphatic rings. The van der Waals surface area contributed by atoms with Gasteiger partial charge in [-0.15, -0.1) is 0 Å². The number of hydrogen-bond donors (Lipinski definition) is 0. The molecule has 21 heavy (non-hydrogen) atoms. The number of nitrogens with zero attached hydrogens (tertiary/aromatic N) is 1. The lowest BCUT2D eigenvalue weighted by Gasteiger charge is -2.37. The van der Waals surface area contributed by atoms with Gasteiger partial charge in [0.1, 0.15) is 6.10 Å². The van der Waals surface area contributed by atoms with Crippen LogP contribution < -0.4 is 9.47 Å². The van der Waals surface area contributed by atoms with Gasteiger partial charge in [-0.3, -0.25) is 4.90 Å². The van der Waals surface area contributed by atoms with E-state index >= 15 is 0 Å². The molecule has 0 fully saturated rings. The van der Waals surface area contributed by atoms with E-state index in [1.165, 1.54) is 5.56 Å². The minimum atomic E-state index is -0.234. The highest BCUT2D eigenvalue weighted by Crippen LogP contribution is 2.42. The van der Waals surface area contributed by atoms with Crippen LogP contribution in [0, 0.1) is 0 Å². The molecule has 3 heterocycles. The van der Waals surface area contributed by atoms with Crippen LogP contribution >= 0.6 is 0 Å². The molecule has 0 N–H and O–H groups in total. The number of esters is 1. The summed E-state index contributed by atoms with van der Waals surface area (Å²) in [5.74, 6) is 1.37. The second-order valence-corrected chi connectivity index (χ2v) is 5.80. The predicted molar refractivity (Wildman–Crippen MR) is 75.3 cm³/mol. The van der Waals surface area contributed by atoms with E-state index in [1.54, 1.807) is 6.92 Å². The van der Waals surface area contributed by atoms with Crippen LogP contribution in [0.2, 0.25) is 0 Å². The maximum absolute atomic E-state index is 11.7. The number of hydrogen-bond acceptors (Lipinski definition) is 5. The molecule has 0 radical (unpaired) electrons. The average molecular weight is 287 g/mol. The lowest BCUT2D eigenvalue weighted by molar-refractivity contribution is -0.142. The monoisotopic (exact) mass is 287 g/mol. The van der Waals surface area contributed by atoms with Crippen molar-refractivity contribution in [1.82, 2.24) is 4.90 Å². The van der Waals surface area contributed by atoms with Gasteiger partial charge < -0.3 is 14.2 Å². The van der Waals surface area contributed by atoms with Crippen molar-refractivity contribution in [1.29, 1.82) is 0 Å². The van der Waals surface area contributed by atoms with Crippen molar-refractivity contribution in [3.63, 3.8) is 0 Å². The van der Waals surface area contributed by atoms with E-state index in [4.69, 9.17) is 14.2 Å². The minimum absolute atomic E-state index is 0.0321. The molecule has 4 rings (SSSR count). The van der Waals surface area contributed by atoms with Gasteiger partial charge in [0.05, 0.1) is 6.04 Å². The molecule has 1 aromatic rings. The molecule has 0 amide bonds. The van der Waals surface area contributed by atoms with Crippen LogP contribution in [-0.4, -0.2) is 37.4 Å².